The van der Waals surface area contributed by atoms with Crippen LogP contribution in [0.2, 0.25) is 0 Å². The third-order valence-corrected chi connectivity index (χ3v) is 8.05. The SMILES string of the molecule is CN1N=C2CCN(C(=O)[C@@H](CCCc3ccccc3)NC(=O)C(C)(C)NC(=O)OC(C)(C)C)C[C@]2(Cc2ccccc2)C1=O. The van der Waals surface area contributed by atoms with Crippen molar-refractivity contribution in [2.75, 3.05) is 20.1 Å². The maximum atomic E-state index is 14.2. The molecule has 4 amide bonds. The van der Waals surface area contributed by atoms with E-state index in [1.54, 1.807) is 46.6 Å². The third-order valence-electron chi connectivity index (χ3n) is 8.05. The third kappa shape index (κ3) is 7.84. The number of amides is 4. The van der Waals surface area contributed by atoms with E-state index in [9.17, 15) is 19.2 Å². The van der Waals surface area contributed by atoms with Crippen molar-refractivity contribution in [3.63, 3.8) is 0 Å². The van der Waals surface area contributed by atoms with Crippen molar-refractivity contribution >= 4 is 29.5 Å². The van der Waals surface area contributed by atoms with Gasteiger partial charge in [0.05, 0.1) is 5.71 Å². The fourth-order valence-corrected chi connectivity index (χ4v) is 5.80. The van der Waals surface area contributed by atoms with Crippen molar-refractivity contribution in [2.45, 2.75) is 83.9 Å². The smallest absolute Gasteiger partial charge is 0.408 e. The Morgan fingerprint density at radius 2 is 1.59 bits per heavy atom. The van der Waals surface area contributed by atoms with Gasteiger partial charge in [-0.3, -0.25) is 14.4 Å². The molecule has 0 aromatic heterocycles. The minimum absolute atomic E-state index is 0.138. The Hall–Kier alpha value is -4.21. The van der Waals surface area contributed by atoms with E-state index in [0.717, 1.165) is 23.3 Å². The van der Waals surface area contributed by atoms with Crippen LogP contribution in [0.25, 0.3) is 0 Å². The van der Waals surface area contributed by atoms with Crippen molar-refractivity contribution in [3.8, 4) is 0 Å². The second-order valence-corrected chi connectivity index (χ2v) is 13.3. The Kier molecular flexibility index (Phi) is 9.81. The molecule has 2 atom stereocenters. The minimum atomic E-state index is -1.35. The maximum Gasteiger partial charge on any atom is 0.408 e. The average molecular weight is 604 g/mol. The standard InChI is InChI=1S/C34H45N5O5/c1-32(2,3)44-31(43)36-33(4,5)29(41)35-26(19-13-18-24-14-9-7-10-15-24)28(40)39-21-20-27-34(23-39,30(42)38(6)37-27)22-25-16-11-8-12-17-25/h7-12,14-17,26H,13,18-23H2,1-6H3,(H,35,41)(H,36,43)/t26-,34+/m1/s1. The number of nitrogens with zero attached hydrogens (tertiary/aromatic N) is 3. The molecule has 2 aromatic rings. The molecule has 4 rings (SSSR count). The molecule has 2 aromatic carbocycles. The van der Waals surface area contributed by atoms with Crippen LogP contribution in [0.4, 0.5) is 4.79 Å². The number of fused-ring (bicyclic) bond motifs is 1. The first-order valence-corrected chi connectivity index (χ1v) is 15.2. The summed E-state index contributed by atoms with van der Waals surface area (Å²) in [5.74, 6) is -0.897. The monoisotopic (exact) mass is 603 g/mol. The summed E-state index contributed by atoms with van der Waals surface area (Å²) in [6, 6.07) is 18.9. The zero-order valence-electron chi connectivity index (χ0n) is 26.7. The summed E-state index contributed by atoms with van der Waals surface area (Å²) < 4.78 is 5.35. The Labute approximate surface area is 260 Å². The van der Waals surface area contributed by atoms with Gasteiger partial charge in [0, 0.05) is 26.6 Å². The number of benzene rings is 2. The Bertz CT molecular complexity index is 1390. The van der Waals surface area contributed by atoms with Crippen LogP contribution in [0.3, 0.4) is 0 Å². The van der Waals surface area contributed by atoms with Crippen LogP contribution in [0.5, 0.6) is 0 Å². The van der Waals surface area contributed by atoms with Gasteiger partial charge in [-0.2, -0.15) is 5.10 Å². The number of carbonyl (C=O) groups is 4. The second kappa shape index (κ2) is 13.2. The largest absolute Gasteiger partial charge is 0.444 e. The van der Waals surface area contributed by atoms with Crippen LogP contribution in [0, 0.1) is 5.41 Å². The molecule has 1 fully saturated rings. The van der Waals surface area contributed by atoms with Crippen LogP contribution in [0.15, 0.2) is 65.8 Å². The number of hydrogen-bond acceptors (Lipinski definition) is 6. The maximum absolute atomic E-state index is 14.2. The summed E-state index contributed by atoms with van der Waals surface area (Å²) in [7, 11) is 1.65. The number of alkyl carbamates (subject to hydrolysis) is 1. The lowest BCUT2D eigenvalue weighted by molar-refractivity contribution is -0.142. The molecule has 0 spiro atoms. The average Bonchev–Trinajstić information content (AvgIpc) is 3.20. The Balaban J connectivity index is 1.54. The molecule has 0 bridgehead atoms. The summed E-state index contributed by atoms with van der Waals surface area (Å²) in [6.07, 6.45) is 1.94. The van der Waals surface area contributed by atoms with E-state index in [0.29, 0.717) is 32.2 Å². The summed E-state index contributed by atoms with van der Waals surface area (Å²) in [6.45, 7) is 8.94. The molecule has 236 valence electrons. The van der Waals surface area contributed by atoms with E-state index < -0.39 is 34.6 Å². The summed E-state index contributed by atoms with van der Waals surface area (Å²) in [4.78, 5) is 55.5. The van der Waals surface area contributed by atoms with Gasteiger partial charge in [-0.05, 0) is 71.4 Å². The number of likely N-dealkylation sites (tertiary alicyclic amines) is 1. The lowest BCUT2D eigenvalue weighted by Crippen LogP contribution is -2.62. The van der Waals surface area contributed by atoms with Crippen LogP contribution in [-0.2, 0) is 32.0 Å². The highest BCUT2D eigenvalue weighted by atomic mass is 16.6. The lowest BCUT2D eigenvalue weighted by atomic mass is 9.73. The van der Waals surface area contributed by atoms with Crippen LogP contribution >= 0.6 is 0 Å². The molecule has 44 heavy (non-hydrogen) atoms. The molecule has 0 unspecified atom stereocenters. The molecule has 2 N–H and O–H groups in total. The molecule has 0 saturated carbocycles. The number of hydrazone groups is 1. The van der Waals surface area contributed by atoms with Gasteiger partial charge in [0.25, 0.3) is 5.91 Å². The minimum Gasteiger partial charge on any atom is -0.444 e. The number of ether oxygens (including phenoxy) is 1. The van der Waals surface area contributed by atoms with Gasteiger partial charge in [-0.15, -0.1) is 0 Å². The zero-order valence-corrected chi connectivity index (χ0v) is 26.7. The number of carbonyl (C=O) groups excluding carboxylic acids is 4. The first kappa shape index (κ1) is 32.7. The van der Waals surface area contributed by atoms with Crippen LogP contribution < -0.4 is 10.6 Å². The number of aryl methyl sites for hydroxylation is 1. The summed E-state index contributed by atoms with van der Waals surface area (Å²) >= 11 is 0. The molecule has 2 heterocycles. The number of piperidine rings is 1. The van der Waals surface area contributed by atoms with E-state index >= 15 is 0 Å². The van der Waals surface area contributed by atoms with Gasteiger partial charge in [0.15, 0.2) is 0 Å². The van der Waals surface area contributed by atoms with Crippen molar-refractivity contribution < 1.29 is 23.9 Å². The van der Waals surface area contributed by atoms with Gasteiger partial charge in [0.2, 0.25) is 11.8 Å². The number of hydrogen-bond donors (Lipinski definition) is 2. The summed E-state index contributed by atoms with van der Waals surface area (Å²) in [5, 5.41) is 11.5. The van der Waals surface area contributed by atoms with E-state index in [2.05, 4.69) is 15.7 Å². The van der Waals surface area contributed by atoms with E-state index in [1.165, 1.54) is 5.01 Å². The van der Waals surface area contributed by atoms with E-state index in [1.807, 2.05) is 60.7 Å². The molecule has 10 nitrogen and oxygen atoms in total. The normalized spacial score (nSPS) is 19.1. The number of nitrogens with one attached hydrogen (secondary N) is 2. The quantitative estimate of drug-likeness (QED) is 0.424. The van der Waals surface area contributed by atoms with Crippen molar-refractivity contribution in [1.29, 1.82) is 0 Å². The van der Waals surface area contributed by atoms with Gasteiger partial charge in [-0.25, -0.2) is 9.80 Å². The van der Waals surface area contributed by atoms with Crippen molar-refractivity contribution in [2.24, 2.45) is 10.5 Å². The van der Waals surface area contributed by atoms with Gasteiger partial charge < -0.3 is 20.3 Å². The predicted octanol–water partition coefficient (Wildman–Crippen LogP) is 4.09. The van der Waals surface area contributed by atoms with Crippen molar-refractivity contribution in [1.82, 2.24) is 20.5 Å². The van der Waals surface area contributed by atoms with Crippen molar-refractivity contribution in [3.05, 3.63) is 71.8 Å². The predicted molar refractivity (Wildman–Crippen MR) is 169 cm³/mol. The first-order chi connectivity index (χ1) is 20.7. The van der Waals surface area contributed by atoms with Gasteiger partial charge >= 0.3 is 6.09 Å². The highest BCUT2D eigenvalue weighted by Gasteiger charge is 2.54. The molecular formula is C34H45N5O5. The molecule has 0 radical (unpaired) electrons. The molecule has 0 aliphatic carbocycles. The zero-order chi connectivity index (χ0) is 32.1. The summed E-state index contributed by atoms with van der Waals surface area (Å²) in [5.41, 5.74) is -0.131. The molecule has 1 saturated heterocycles. The first-order valence-electron chi connectivity index (χ1n) is 15.2. The van der Waals surface area contributed by atoms with Gasteiger partial charge in [0.1, 0.15) is 22.6 Å². The van der Waals surface area contributed by atoms with E-state index in [-0.39, 0.29) is 18.4 Å². The highest BCUT2D eigenvalue weighted by Crippen LogP contribution is 2.38. The lowest BCUT2D eigenvalue weighted by Gasteiger charge is -2.41. The molecule has 10 heteroatoms. The van der Waals surface area contributed by atoms with Crippen LogP contribution in [0.1, 0.15) is 65.0 Å². The molecular weight excluding hydrogens is 558 g/mol. The van der Waals surface area contributed by atoms with Crippen LogP contribution in [-0.4, -0.2) is 76.8 Å². The Morgan fingerprint density at radius 1 is 0.977 bits per heavy atom. The Morgan fingerprint density at radius 3 is 2.20 bits per heavy atom. The van der Waals surface area contributed by atoms with Gasteiger partial charge in [-0.1, -0.05) is 60.7 Å². The second-order valence-electron chi connectivity index (χ2n) is 13.3. The topological polar surface area (TPSA) is 120 Å². The number of rotatable bonds is 10. The molecule has 2 aliphatic heterocycles. The fourth-order valence-electron chi connectivity index (χ4n) is 5.80. The highest BCUT2D eigenvalue weighted by molar-refractivity contribution is 6.13. The molecule has 2 aliphatic rings. The fraction of sp³-hybridized carbons (Fsp3) is 0.500. The van der Waals surface area contributed by atoms with E-state index in [4.69, 9.17) is 4.74 Å².